The molecule has 1 aliphatic heterocycles. The fourth-order valence-corrected chi connectivity index (χ4v) is 4.79. The quantitative estimate of drug-likeness (QED) is 0.697. The van der Waals surface area contributed by atoms with Gasteiger partial charge in [0.1, 0.15) is 13.2 Å². The smallest absolute Gasteiger partial charge is 0.161 e. The topological polar surface area (TPSA) is 18.5 Å². The average molecular weight is 339 g/mol. The van der Waals surface area contributed by atoms with E-state index in [0.29, 0.717) is 29.4 Å². The highest BCUT2D eigenvalue weighted by Crippen LogP contribution is 2.51. The maximum absolute atomic E-state index is 5.71. The lowest BCUT2D eigenvalue weighted by Gasteiger charge is -2.41. The van der Waals surface area contributed by atoms with Gasteiger partial charge in [-0.3, -0.25) is 0 Å². The molecule has 2 aliphatic rings. The Morgan fingerprint density at radius 1 is 1.15 bits per heavy atom. The van der Waals surface area contributed by atoms with Gasteiger partial charge in [0.15, 0.2) is 11.5 Å². The third-order valence-electron chi connectivity index (χ3n) is 4.83. The van der Waals surface area contributed by atoms with Gasteiger partial charge in [0.05, 0.1) is 0 Å². The van der Waals surface area contributed by atoms with E-state index in [9.17, 15) is 0 Å². The van der Waals surface area contributed by atoms with Crippen molar-refractivity contribution in [2.45, 2.75) is 44.4 Å². The molecule has 1 saturated carbocycles. The number of alkyl halides is 1. The molecule has 0 radical (unpaired) electrons. The maximum Gasteiger partial charge on any atom is 0.161 e. The summed E-state index contributed by atoms with van der Waals surface area (Å²) < 4.78 is 11.3. The molecule has 0 N–H and O–H groups in total. The van der Waals surface area contributed by atoms with Crippen LogP contribution in [0.4, 0.5) is 0 Å². The van der Waals surface area contributed by atoms with Crippen molar-refractivity contribution < 1.29 is 9.47 Å². The zero-order valence-corrected chi connectivity index (χ0v) is 13.9. The molecule has 1 heterocycles. The van der Waals surface area contributed by atoms with Crippen molar-refractivity contribution in [1.29, 1.82) is 0 Å². The highest BCUT2D eigenvalue weighted by atomic mass is 79.9. The summed E-state index contributed by atoms with van der Waals surface area (Å²) in [5.74, 6) is 2.45. The fraction of sp³-hybridized carbons (Fsp3) is 0.647. The van der Waals surface area contributed by atoms with E-state index >= 15 is 0 Å². The zero-order valence-electron chi connectivity index (χ0n) is 12.3. The van der Waals surface area contributed by atoms with Gasteiger partial charge in [-0.15, -0.1) is 0 Å². The number of rotatable bonds is 2. The second-order valence-electron chi connectivity index (χ2n) is 6.65. The van der Waals surface area contributed by atoms with Crippen molar-refractivity contribution in [2.75, 3.05) is 13.2 Å². The van der Waals surface area contributed by atoms with Gasteiger partial charge in [0, 0.05) is 4.83 Å². The van der Waals surface area contributed by atoms with Crippen LogP contribution in [0.25, 0.3) is 0 Å². The summed E-state index contributed by atoms with van der Waals surface area (Å²) in [4.78, 5) is 0.397. The van der Waals surface area contributed by atoms with E-state index in [1.807, 2.05) is 6.07 Å². The minimum Gasteiger partial charge on any atom is -0.486 e. The third kappa shape index (κ3) is 2.69. The maximum atomic E-state index is 5.71. The monoisotopic (exact) mass is 338 g/mol. The molecule has 2 unspecified atom stereocenters. The van der Waals surface area contributed by atoms with E-state index in [0.717, 1.165) is 11.5 Å². The molecular formula is C17H23BrO2. The SMILES string of the molecule is CC1(C)CCCCC1C(Br)c1ccc2c(c1)OCCO2. The van der Waals surface area contributed by atoms with Crippen LogP contribution in [0.2, 0.25) is 0 Å². The van der Waals surface area contributed by atoms with Gasteiger partial charge in [-0.05, 0) is 41.9 Å². The normalized spacial score (nSPS) is 26.1. The summed E-state index contributed by atoms with van der Waals surface area (Å²) in [5.41, 5.74) is 1.72. The highest BCUT2D eigenvalue weighted by molar-refractivity contribution is 9.09. The Balaban J connectivity index is 1.84. The van der Waals surface area contributed by atoms with Gasteiger partial charge in [-0.2, -0.15) is 0 Å². The lowest BCUT2D eigenvalue weighted by molar-refractivity contribution is 0.136. The van der Waals surface area contributed by atoms with Crippen molar-refractivity contribution in [3.05, 3.63) is 23.8 Å². The fourth-order valence-electron chi connectivity index (χ4n) is 3.53. The van der Waals surface area contributed by atoms with Gasteiger partial charge in [-0.25, -0.2) is 0 Å². The van der Waals surface area contributed by atoms with E-state index in [1.165, 1.54) is 31.2 Å². The number of fused-ring (bicyclic) bond motifs is 1. The Bertz CT molecular complexity index is 484. The second-order valence-corrected chi connectivity index (χ2v) is 7.63. The van der Waals surface area contributed by atoms with Gasteiger partial charge in [-0.1, -0.05) is 48.7 Å². The van der Waals surface area contributed by atoms with E-state index in [1.54, 1.807) is 0 Å². The van der Waals surface area contributed by atoms with Crippen molar-refractivity contribution in [1.82, 2.24) is 0 Å². The molecule has 3 rings (SSSR count). The molecule has 110 valence electrons. The van der Waals surface area contributed by atoms with Gasteiger partial charge in [0.2, 0.25) is 0 Å². The molecule has 1 aliphatic carbocycles. The Hall–Kier alpha value is -0.700. The van der Waals surface area contributed by atoms with Crippen LogP contribution < -0.4 is 9.47 Å². The minimum absolute atomic E-state index is 0.397. The molecule has 3 heteroatoms. The van der Waals surface area contributed by atoms with Crippen LogP contribution in [0.1, 0.15) is 49.9 Å². The minimum atomic E-state index is 0.397. The number of ether oxygens (including phenoxy) is 2. The molecule has 0 saturated heterocycles. The van der Waals surface area contributed by atoms with Gasteiger partial charge >= 0.3 is 0 Å². The van der Waals surface area contributed by atoms with Crippen molar-refractivity contribution in [2.24, 2.45) is 11.3 Å². The van der Waals surface area contributed by atoms with Gasteiger partial charge in [0.25, 0.3) is 0 Å². The first-order chi connectivity index (χ1) is 9.58. The Morgan fingerprint density at radius 2 is 1.90 bits per heavy atom. The first-order valence-corrected chi connectivity index (χ1v) is 8.53. The summed E-state index contributed by atoms with van der Waals surface area (Å²) in [6, 6.07) is 6.38. The van der Waals surface area contributed by atoms with Crippen LogP contribution in [0, 0.1) is 11.3 Å². The molecule has 1 aromatic rings. The number of hydrogen-bond donors (Lipinski definition) is 0. The second kappa shape index (κ2) is 5.59. The van der Waals surface area contributed by atoms with Crippen LogP contribution in [0.3, 0.4) is 0 Å². The molecule has 0 aromatic heterocycles. The predicted octanol–water partition coefficient (Wildman–Crippen LogP) is 5.11. The molecule has 1 aromatic carbocycles. The third-order valence-corrected chi connectivity index (χ3v) is 5.99. The summed E-state index contributed by atoms with van der Waals surface area (Å²) in [7, 11) is 0. The number of halogens is 1. The molecule has 20 heavy (non-hydrogen) atoms. The van der Waals surface area contributed by atoms with E-state index in [2.05, 4.69) is 41.9 Å². The molecule has 1 fully saturated rings. The summed E-state index contributed by atoms with van der Waals surface area (Å²) in [6.07, 6.45) is 5.34. The van der Waals surface area contributed by atoms with E-state index in [4.69, 9.17) is 9.47 Å². The van der Waals surface area contributed by atoms with Crippen LogP contribution in [0.5, 0.6) is 11.5 Å². The molecule has 0 amide bonds. The average Bonchev–Trinajstić information content (AvgIpc) is 2.45. The van der Waals surface area contributed by atoms with Gasteiger partial charge < -0.3 is 9.47 Å². The van der Waals surface area contributed by atoms with Crippen molar-refractivity contribution in [3.8, 4) is 11.5 Å². The number of hydrogen-bond acceptors (Lipinski definition) is 2. The van der Waals surface area contributed by atoms with Crippen LogP contribution in [-0.4, -0.2) is 13.2 Å². The largest absolute Gasteiger partial charge is 0.486 e. The Kier molecular flexibility index (Phi) is 3.98. The van der Waals surface area contributed by atoms with E-state index < -0.39 is 0 Å². The lowest BCUT2D eigenvalue weighted by atomic mass is 9.67. The zero-order chi connectivity index (χ0) is 14.2. The molecule has 2 atom stereocenters. The number of benzene rings is 1. The molecule has 0 bridgehead atoms. The molecular weight excluding hydrogens is 316 g/mol. The predicted molar refractivity (Wildman–Crippen MR) is 84.8 cm³/mol. The van der Waals surface area contributed by atoms with E-state index in [-0.39, 0.29) is 0 Å². The first kappa shape index (κ1) is 14.2. The van der Waals surface area contributed by atoms with Crippen molar-refractivity contribution >= 4 is 15.9 Å². The molecule has 2 nitrogen and oxygen atoms in total. The highest BCUT2D eigenvalue weighted by Gasteiger charge is 2.37. The van der Waals surface area contributed by atoms with Crippen LogP contribution in [-0.2, 0) is 0 Å². The summed E-state index contributed by atoms with van der Waals surface area (Å²) in [5, 5.41) is 0. The Morgan fingerprint density at radius 3 is 2.65 bits per heavy atom. The first-order valence-electron chi connectivity index (χ1n) is 7.61. The van der Waals surface area contributed by atoms with Crippen LogP contribution in [0.15, 0.2) is 18.2 Å². The lowest BCUT2D eigenvalue weighted by Crippen LogP contribution is -2.30. The summed E-state index contributed by atoms with van der Waals surface area (Å²) >= 11 is 3.95. The standard InChI is InChI=1S/C17H23BrO2/c1-17(2)8-4-3-5-13(17)16(18)12-6-7-14-15(11-12)20-10-9-19-14/h6-7,11,13,16H,3-5,8-10H2,1-2H3. The summed E-state index contributed by atoms with van der Waals surface area (Å²) in [6.45, 7) is 6.12. The van der Waals surface area contributed by atoms with Crippen molar-refractivity contribution in [3.63, 3.8) is 0 Å². The molecule has 0 spiro atoms. The van der Waals surface area contributed by atoms with Crippen LogP contribution >= 0.6 is 15.9 Å². The Labute approximate surface area is 130 Å².